The van der Waals surface area contributed by atoms with E-state index >= 15 is 0 Å². The summed E-state index contributed by atoms with van der Waals surface area (Å²) in [4.78, 5) is 14.8. The molecule has 1 amide bonds. The summed E-state index contributed by atoms with van der Waals surface area (Å²) in [5.41, 5.74) is 2.13. The first-order chi connectivity index (χ1) is 9.42. The van der Waals surface area contributed by atoms with Crippen molar-refractivity contribution in [1.82, 2.24) is 10.2 Å². The lowest BCUT2D eigenvalue weighted by Gasteiger charge is -2.33. The standard InChI is InChI=1S/C17H28N2O/c1-16(2,3)13-4-10-19(11-5-13)15(20)14-12-17(14)6-8-18-9-7-17/h4,14,18H,5-12H2,1-3H3. The summed E-state index contributed by atoms with van der Waals surface area (Å²) in [5.74, 6) is 0.755. The largest absolute Gasteiger partial charge is 0.338 e. The van der Waals surface area contributed by atoms with Crippen molar-refractivity contribution in [2.75, 3.05) is 26.2 Å². The molecule has 1 saturated carbocycles. The molecular formula is C17H28N2O. The van der Waals surface area contributed by atoms with Crippen LogP contribution in [-0.2, 0) is 4.79 Å². The Morgan fingerprint density at radius 3 is 2.60 bits per heavy atom. The van der Waals surface area contributed by atoms with E-state index in [0.29, 0.717) is 17.2 Å². The third-order valence-electron chi connectivity index (χ3n) is 5.57. The Labute approximate surface area is 122 Å². The van der Waals surface area contributed by atoms with E-state index in [1.165, 1.54) is 18.4 Å². The summed E-state index contributed by atoms with van der Waals surface area (Å²) in [6.45, 7) is 10.7. The summed E-state index contributed by atoms with van der Waals surface area (Å²) in [7, 11) is 0. The number of rotatable bonds is 1. The van der Waals surface area contributed by atoms with Gasteiger partial charge in [0.1, 0.15) is 0 Å². The highest BCUT2D eigenvalue weighted by molar-refractivity contribution is 5.83. The molecule has 0 aromatic carbocycles. The van der Waals surface area contributed by atoms with Crippen LogP contribution in [0.1, 0.15) is 46.5 Å². The Hall–Kier alpha value is -0.830. The third-order valence-corrected chi connectivity index (χ3v) is 5.57. The fourth-order valence-electron chi connectivity index (χ4n) is 3.94. The molecule has 1 spiro atoms. The lowest BCUT2D eigenvalue weighted by molar-refractivity contribution is -0.133. The lowest BCUT2D eigenvalue weighted by Crippen LogP contribution is -2.39. The average Bonchev–Trinajstić information content (AvgIpc) is 3.11. The van der Waals surface area contributed by atoms with Crippen molar-refractivity contribution in [3.8, 4) is 0 Å². The predicted molar refractivity (Wildman–Crippen MR) is 81.4 cm³/mol. The van der Waals surface area contributed by atoms with E-state index in [1.807, 2.05) is 0 Å². The topological polar surface area (TPSA) is 32.3 Å². The molecule has 112 valence electrons. The van der Waals surface area contributed by atoms with Gasteiger partial charge in [0.2, 0.25) is 5.91 Å². The molecular weight excluding hydrogens is 248 g/mol. The first-order valence-electron chi connectivity index (χ1n) is 8.11. The number of carbonyl (C=O) groups is 1. The number of amides is 1. The second-order valence-corrected chi connectivity index (χ2v) is 7.88. The van der Waals surface area contributed by atoms with Crippen LogP contribution in [0.2, 0.25) is 0 Å². The average molecular weight is 276 g/mol. The minimum Gasteiger partial charge on any atom is -0.338 e. The van der Waals surface area contributed by atoms with Gasteiger partial charge in [0.15, 0.2) is 0 Å². The highest BCUT2D eigenvalue weighted by Crippen LogP contribution is 2.59. The first-order valence-corrected chi connectivity index (χ1v) is 8.11. The fraction of sp³-hybridized carbons (Fsp3) is 0.824. The molecule has 1 unspecified atom stereocenters. The van der Waals surface area contributed by atoms with E-state index in [-0.39, 0.29) is 5.41 Å². The normalized spacial score (nSPS) is 29.2. The molecule has 2 aliphatic heterocycles. The van der Waals surface area contributed by atoms with E-state index in [0.717, 1.165) is 39.0 Å². The smallest absolute Gasteiger partial charge is 0.226 e. The first kappa shape index (κ1) is 14.1. The van der Waals surface area contributed by atoms with Gasteiger partial charge in [-0.05, 0) is 49.6 Å². The molecule has 20 heavy (non-hydrogen) atoms. The Kier molecular flexibility index (Phi) is 3.44. The number of hydrogen-bond donors (Lipinski definition) is 1. The van der Waals surface area contributed by atoms with E-state index in [1.54, 1.807) is 0 Å². The monoisotopic (exact) mass is 276 g/mol. The van der Waals surface area contributed by atoms with E-state index in [2.05, 4.69) is 37.1 Å². The van der Waals surface area contributed by atoms with Crippen LogP contribution < -0.4 is 5.32 Å². The van der Waals surface area contributed by atoms with Crippen LogP contribution in [0.25, 0.3) is 0 Å². The van der Waals surface area contributed by atoms with Crippen molar-refractivity contribution in [3.63, 3.8) is 0 Å². The van der Waals surface area contributed by atoms with Crippen LogP contribution in [0.5, 0.6) is 0 Å². The third kappa shape index (κ3) is 2.52. The summed E-state index contributed by atoms with van der Waals surface area (Å²) >= 11 is 0. The van der Waals surface area contributed by atoms with Crippen molar-refractivity contribution in [2.24, 2.45) is 16.7 Å². The van der Waals surface area contributed by atoms with Crippen molar-refractivity contribution < 1.29 is 4.79 Å². The summed E-state index contributed by atoms with van der Waals surface area (Å²) in [6.07, 6.45) is 6.87. The molecule has 0 radical (unpaired) electrons. The molecule has 3 heteroatoms. The van der Waals surface area contributed by atoms with Crippen LogP contribution in [-0.4, -0.2) is 37.0 Å². The second-order valence-electron chi connectivity index (χ2n) is 7.88. The Bertz CT molecular complexity index is 427. The highest BCUT2D eigenvalue weighted by atomic mass is 16.2. The van der Waals surface area contributed by atoms with Gasteiger partial charge in [-0.2, -0.15) is 0 Å². The molecule has 0 aromatic rings. The molecule has 0 aromatic heterocycles. The van der Waals surface area contributed by atoms with Gasteiger partial charge >= 0.3 is 0 Å². The molecule has 2 fully saturated rings. The minimum absolute atomic E-state index is 0.255. The maximum Gasteiger partial charge on any atom is 0.226 e. The van der Waals surface area contributed by atoms with Gasteiger partial charge < -0.3 is 10.2 Å². The van der Waals surface area contributed by atoms with E-state index in [9.17, 15) is 4.79 Å². The zero-order valence-electron chi connectivity index (χ0n) is 13.2. The molecule has 1 atom stereocenters. The Balaban J connectivity index is 1.59. The predicted octanol–water partition coefficient (Wildman–Crippen LogP) is 2.58. The molecule has 2 heterocycles. The molecule has 1 aliphatic carbocycles. The number of hydrogen-bond acceptors (Lipinski definition) is 2. The molecule has 0 bridgehead atoms. The number of carbonyl (C=O) groups excluding carboxylic acids is 1. The lowest BCUT2D eigenvalue weighted by atomic mass is 9.83. The summed E-state index contributed by atoms with van der Waals surface area (Å²) in [5, 5.41) is 3.41. The van der Waals surface area contributed by atoms with Crippen molar-refractivity contribution in [3.05, 3.63) is 11.6 Å². The SMILES string of the molecule is CC(C)(C)C1=CCN(C(=O)C2CC23CCNCC3)CC1. The molecule has 3 aliphatic rings. The fourth-order valence-corrected chi connectivity index (χ4v) is 3.94. The van der Waals surface area contributed by atoms with Gasteiger partial charge in [0.25, 0.3) is 0 Å². The van der Waals surface area contributed by atoms with Crippen molar-refractivity contribution in [1.29, 1.82) is 0 Å². The van der Waals surface area contributed by atoms with E-state index < -0.39 is 0 Å². The van der Waals surface area contributed by atoms with Gasteiger partial charge in [-0.25, -0.2) is 0 Å². The van der Waals surface area contributed by atoms with Crippen LogP contribution in [0.15, 0.2) is 11.6 Å². The maximum absolute atomic E-state index is 12.7. The second kappa shape index (κ2) is 4.87. The molecule has 1 saturated heterocycles. The van der Waals surface area contributed by atoms with Crippen molar-refractivity contribution >= 4 is 5.91 Å². The minimum atomic E-state index is 0.255. The van der Waals surface area contributed by atoms with Gasteiger partial charge in [-0.3, -0.25) is 4.79 Å². The molecule has 3 rings (SSSR count). The van der Waals surface area contributed by atoms with Crippen LogP contribution in [0, 0.1) is 16.7 Å². The summed E-state index contributed by atoms with van der Waals surface area (Å²) < 4.78 is 0. The van der Waals surface area contributed by atoms with Gasteiger partial charge in [-0.15, -0.1) is 0 Å². The zero-order valence-corrected chi connectivity index (χ0v) is 13.2. The van der Waals surface area contributed by atoms with Gasteiger partial charge in [0, 0.05) is 19.0 Å². The van der Waals surface area contributed by atoms with Crippen LogP contribution in [0.3, 0.4) is 0 Å². The highest BCUT2D eigenvalue weighted by Gasteiger charge is 2.58. The van der Waals surface area contributed by atoms with Gasteiger partial charge in [-0.1, -0.05) is 32.4 Å². The van der Waals surface area contributed by atoms with Crippen LogP contribution in [0.4, 0.5) is 0 Å². The van der Waals surface area contributed by atoms with E-state index in [4.69, 9.17) is 0 Å². The summed E-state index contributed by atoms with van der Waals surface area (Å²) in [6, 6.07) is 0. The van der Waals surface area contributed by atoms with Crippen molar-refractivity contribution in [2.45, 2.75) is 46.5 Å². The number of nitrogens with one attached hydrogen (secondary N) is 1. The quantitative estimate of drug-likeness (QED) is 0.747. The number of piperidine rings is 1. The number of nitrogens with zero attached hydrogens (tertiary/aromatic N) is 1. The molecule has 3 nitrogen and oxygen atoms in total. The zero-order chi connectivity index (χ0) is 14.4. The Morgan fingerprint density at radius 1 is 1.35 bits per heavy atom. The Morgan fingerprint density at radius 2 is 2.05 bits per heavy atom. The van der Waals surface area contributed by atoms with Crippen LogP contribution >= 0.6 is 0 Å². The maximum atomic E-state index is 12.7. The molecule has 1 N–H and O–H groups in total. The van der Waals surface area contributed by atoms with Gasteiger partial charge in [0.05, 0.1) is 0 Å².